The molecule has 0 spiro atoms. The van der Waals surface area contributed by atoms with Crippen LogP contribution in [0.25, 0.3) is 27.6 Å². The normalized spacial score (nSPS) is 11.2. The number of hydrogen-bond acceptors (Lipinski definition) is 5. The van der Waals surface area contributed by atoms with E-state index in [9.17, 15) is 9.59 Å². The number of H-pyrrole nitrogens is 1. The van der Waals surface area contributed by atoms with Gasteiger partial charge in [0.25, 0.3) is 5.56 Å². The second kappa shape index (κ2) is 7.05. The first-order valence-electron chi connectivity index (χ1n) is 8.52. The number of methoxy groups -OCH3 is 1. The van der Waals surface area contributed by atoms with Crippen LogP contribution in [0, 0.1) is 6.92 Å². The van der Waals surface area contributed by atoms with Crippen LogP contribution in [0.2, 0.25) is 0 Å². The van der Waals surface area contributed by atoms with Crippen molar-refractivity contribution < 1.29 is 14.6 Å². The van der Waals surface area contributed by atoms with Gasteiger partial charge in [0.1, 0.15) is 16.8 Å². The van der Waals surface area contributed by atoms with Gasteiger partial charge in [0.05, 0.1) is 18.6 Å². The summed E-state index contributed by atoms with van der Waals surface area (Å²) in [4.78, 5) is 32.4. The molecule has 0 amide bonds. The molecular weight excluding hydrogens is 378 g/mol. The summed E-state index contributed by atoms with van der Waals surface area (Å²) in [6.45, 7) is 1.91. The summed E-state index contributed by atoms with van der Waals surface area (Å²) in [5.41, 5.74) is 2.84. The summed E-state index contributed by atoms with van der Waals surface area (Å²) in [5, 5.41) is 10.2. The first-order valence-corrected chi connectivity index (χ1v) is 9.51. The lowest BCUT2D eigenvalue weighted by atomic mass is 10.2. The maximum absolute atomic E-state index is 13.4. The van der Waals surface area contributed by atoms with Crippen molar-refractivity contribution in [2.45, 2.75) is 12.1 Å². The van der Waals surface area contributed by atoms with E-state index in [2.05, 4.69) is 9.97 Å². The SMILES string of the molecule is COc1ccc(C)cc1-n1c(SCC(=O)O)nc2c([nH]c3ccccc32)c1=O. The molecular formula is C20H17N3O4S. The molecule has 0 atom stereocenters. The van der Waals surface area contributed by atoms with E-state index >= 15 is 0 Å². The number of benzene rings is 2. The molecule has 8 heteroatoms. The highest BCUT2D eigenvalue weighted by Crippen LogP contribution is 2.30. The summed E-state index contributed by atoms with van der Waals surface area (Å²) in [6.07, 6.45) is 0. The Morgan fingerprint density at radius 3 is 2.82 bits per heavy atom. The van der Waals surface area contributed by atoms with Crippen LogP contribution in [0.3, 0.4) is 0 Å². The first kappa shape index (κ1) is 18.1. The predicted molar refractivity (Wildman–Crippen MR) is 109 cm³/mol. The van der Waals surface area contributed by atoms with Gasteiger partial charge in [-0.3, -0.25) is 9.59 Å². The highest BCUT2D eigenvalue weighted by molar-refractivity contribution is 7.99. The minimum absolute atomic E-state index is 0.214. The van der Waals surface area contributed by atoms with Gasteiger partial charge in [-0.15, -0.1) is 0 Å². The Labute approximate surface area is 164 Å². The van der Waals surface area contributed by atoms with Crippen LogP contribution in [0.5, 0.6) is 5.75 Å². The van der Waals surface area contributed by atoms with Crippen molar-refractivity contribution in [3.8, 4) is 11.4 Å². The molecule has 2 heterocycles. The summed E-state index contributed by atoms with van der Waals surface area (Å²) in [6, 6.07) is 13.0. The number of rotatable bonds is 5. The summed E-state index contributed by atoms with van der Waals surface area (Å²) < 4.78 is 6.85. The summed E-state index contributed by atoms with van der Waals surface area (Å²) in [7, 11) is 1.53. The number of para-hydroxylation sites is 1. The number of nitrogens with zero attached hydrogens (tertiary/aromatic N) is 2. The summed E-state index contributed by atoms with van der Waals surface area (Å²) >= 11 is 0.999. The zero-order chi connectivity index (χ0) is 19.8. The molecule has 2 aromatic heterocycles. The molecule has 142 valence electrons. The van der Waals surface area contributed by atoms with Crippen LogP contribution in [-0.2, 0) is 4.79 Å². The number of carbonyl (C=O) groups is 1. The topological polar surface area (TPSA) is 97.2 Å². The van der Waals surface area contributed by atoms with Gasteiger partial charge >= 0.3 is 5.97 Å². The lowest BCUT2D eigenvalue weighted by Gasteiger charge is -2.15. The van der Waals surface area contributed by atoms with E-state index in [-0.39, 0.29) is 11.3 Å². The van der Waals surface area contributed by atoms with Gasteiger partial charge in [0.2, 0.25) is 0 Å². The average Bonchev–Trinajstić information content (AvgIpc) is 3.05. The van der Waals surface area contributed by atoms with Crippen molar-refractivity contribution in [3.05, 3.63) is 58.4 Å². The minimum Gasteiger partial charge on any atom is -0.495 e. The molecule has 4 rings (SSSR count). The fourth-order valence-corrected chi connectivity index (χ4v) is 3.87. The van der Waals surface area contributed by atoms with Gasteiger partial charge in [-0.05, 0) is 30.7 Å². The monoisotopic (exact) mass is 395 g/mol. The van der Waals surface area contributed by atoms with Gasteiger partial charge < -0.3 is 14.8 Å². The van der Waals surface area contributed by atoms with E-state index in [4.69, 9.17) is 9.84 Å². The van der Waals surface area contributed by atoms with Crippen molar-refractivity contribution in [2.24, 2.45) is 0 Å². The second-order valence-corrected chi connectivity index (χ2v) is 7.23. The molecule has 7 nitrogen and oxygen atoms in total. The number of carboxylic acid groups (broad SMARTS) is 1. The largest absolute Gasteiger partial charge is 0.495 e. The maximum Gasteiger partial charge on any atom is 0.313 e. The van der Waals surface area contributed by atoms with Crippen molar-refractivity contribution >= 4 is 39.7 Å². The zero-order valence-electron chi connectivity index (χ0n) is 15.2. The smallest absolute Gasteiger partial charge is 0.313 e. The van der Waals surface area contributed by atoms with Crippen molar-refractivity contribution in [3.63, 3.8) is 0 Å². The Morgan fingerprint density at radius 1 is 1.29 bits per heavy atom. The molecule has 0 aliphatic rings. The van der Waals surface area contributed by atoms with Crippen molar-refractivity contribution in [1.82, 2.24) is 14.5 Å². The lowest BCUT2D eigenvalue weighted by Crippen LogP contribution is -2.23. The number of carboxylic acids is 1. The number of aliphatic carboxylic acids is 1. The highest BCUT2D eigenvalue weighted by Gasteiger charge is 2.20. The second-order valence-electron chi connectivity index (χ2n) is 6.29. The standard InChI is InChI=1S/C20H17N3O4S/c1-11-7-8-15(27-2)14(9-11)23-19(26)18-17(22-20(23)28-10-16(24)25)12-5-3-4-6-13(12)21-18/h3-9,21H,10H2,1-2H3,(H,24,25). The Kier molecular flexibility index (Phi) is 4.56. The van der Waals surface area contributed by atoms with Crippen molar-refractivity contribution in [1.29, 1.82) is 0 Å². The number of hydrogen-bond donors (Lipinski definition) is 2. The highest BCUT2D eigenvalue weighted by atomic mass is 32.2. The molecule has 4 aromatic rings. The van der Waals surface area contributed by atoms with E-state index < -0.39 is 5.97 Å². The number of fused-ring (bicyclic) bond motifs is 3. The number of aryl methyl sites for hydroxylation is 1. The lowest BCUT2D eigenvalue weighted by molar-refractivity contribution is -0.133. The molecule has 0 radical (unpaired) electrons. The molecule has 0 aliphatic carbocycles. The average molecular weight is 395 g/mol. The Balaban J connectivity index is 2.08. The number of aromatic amines is 1. The van der Waals surface area contributed by atoms with E-state index in [1.54, 1.807) is 6.07 Å². The first-order chi connectivity index (χ1) is 13.5. The van der Waals surface area contributed by atoms with Crippen molar-refractivity contribution in [2.75, 3.05) is 12.9 Å². The predicted octanol–water partition coefficient (Wildman–Crippen LogP) is 3.36. The molecule has 0 unspecified atom stereocenters. The summed E-state index contributed by atoms with van der Waals surface area (Å²) in [5.74, 6) is -0.697. The Hall–Kier alpha value is -3.26. The van der Waals surface area contributed by atoms with Gasteiger partial charge in [-0.2, -0.15) is 0 Å². The number of nitrogens with one attached hydrogen (secondary N) is 1. The third kappa shape index (κ3) is 3.01. The van der Waals surface area contributed by atoms with Gasteiger partial charge in [0.15, 0.2) is 5.16 Å². The third-order valence-corrected chi connectivity index (χ3v) is 5.32. The van der Waals surface area contributed by atoms with Crippen LogP contribution < -0.4 is 10.3 Å². The molecule has 0 fully saturated rings. The molecule has 0 aliphatic heterocycles. The van der Waals surface area contributed by atoms with E-state index in [0.717, 1.165) is 28.2 Å². The Morgan fingerprint density at radius 2 is 2.07 bits per heavy atom. The molecule has 2 N–H and O–H groups in total. The number of thioether (sulfide) groups is 1. The van der Waals surface area contributed by atoms with Crippen LogP contribution in [0.1, 0.15) is 5.56 Å². The van der Waals surface area contributed by atoms with Gasteiger partial charge in [0, 0.05) is 10.9 Å². The van der Waals surface area contributed by atoms with Crippen LogP contribution in [0.15, 0.2) is 52.4 Å². The van der Waals surface area contributed by atoms with Crippen LogP contribution in [-0.4, -0.2) is 38.5 Å². The fourth-order valence-electron chi connectivity index (χ4n) is 3.15. The molecule has 0 saturated heterocycles. The zero-order valence-corrected chi connectivity index (χ0v) is 16.0. The fraction of sp³-hybridized carbons (Fsp3) is 0.150. The van der Waals surface area contributed by atoms with E-state index in [0.29, 0.717) is 27.6 Å². The number of aromatic nitrogens is 3. The van der Waals surface area contributed by atoms with E-state index in [1.165, 1.54) is 11.7 Å². The molecule has 0 saturated carbocycles. The number of ether oxygens (including phenoxy) is 1. The minimum atomic E-state index is -0.985. The van der Waals surface area contributed by atoms with E-state index in [1.807, 2.05) is 43.3 Å². The maximum atomic E-state index is 13.4. The molecule has 28 heavy (non-hydrogen) atoms. The van der Waals surface area contributed by atoms with Gasteiger partial charge in [-0.1, -0.05) is 36.0 Å². The Bertz CT molecular complexity index is 1280. The molecule has 0 bridgehead atoms. The third-order valence-electron chi connectivity index (χ3n) is 4.39. The quantitative estimate of drug-likeness (QED) is 0.397. The van der Waals surface area contributed by atoms with Gasteiger partial charge in [-0.25, -0.2) is 9.55 Å². The molecule has 2 aromatic carbocycles. The van der Waals surface area contributed by atoms with Crippen LogP contribution >= 0.6 is 11.8 Å². The van der Waals surface area contributed by atoms with Crippen LogP contribution in [0.4, 0.5) is 0 Å².